The molecule has 0 radical (unpaired) electrons. The highest BCUT2D eigenvalue weighted by molar-refractivity contribution is 6.32. The minimum absolute atomic E-state index is 0.227. The van der Waals surface area contributed by atoms with Gasteiger partial charge in [-0.2, -0.15) is 0 Å². The first-order valence-electron chi connectivity index (χ1n) is 6.44. The number of nitrogens with one attached hydrogen (secondary N) is 1. The van der Waals surface area contributed by atoms with Gasteiger partial charge in [-0.1, -0.05) is 29.8 Å². The second kappa shape index (κ2) is 6.73. The summed E-state index contributed by atoms with van der Waals surface area (Å²) in [6, 6.07) is 12.2. The largest absolute Gasteiger partial charge is 0.487 e. The third kappa shape index (κ3) is 3.71. The molecule has 0 spiro atoms. The third-order valence-corrected chi connectivity index (χ3v) is 3.47. The van der Waals surface area contributed by atoms with Gasteiger partial charge in [0.1, 0.15) is 18.2 Å². The van der Waals surface area contributed by atoms with Gasteiger partial charge in [-0.3, -0.25) is 0 Å². The Morgan fingerprint density at radius 2 is 2.05 bits per heavy atom. The smallest absolute Gasteiger partial charge is 0.138 e. The molecule has 1 atom stereocenters. The van der Waals surface area contributed by atoms with E-state index in [0.717, 1.165) is 11.1 Å². The van der Waals surface area contributed by atoms with Crippen molar-refractivity contribution in [2.75, 3.05) is 7.05 Å². The molecule has 2 nitrogen and oxygen atoms in total. The number of ether oxygens (including phenoxy) is 1. The Labute approximate surface area is 123 Å². The van der Waals surface area contributed by atoms with Gasteiger partial charge in [0.25, 0.3) is 0 Å². The van der Waals surface area contributed by atoms with Crippen LogP contribution < -0.4 is 10.1 Å². The lowest BCUT2D eigenvalue weighted by molar-refractivity contribution is 0.305. The molecule has 0 aliphatic heterocycles. The normalized spacial score (nSPS) is 12.2. The molecule has 4 heteroatoms. The summed E-state index contributed by atoms with van der Waals surface area (Å²) in [5.74, 6) is 0.332. The fraction of sp³-hybridized carbons (Fsp3) is 0.250. The van der Waals surface area contributed by atoms with Gasteiger partial charge in [0.15, 0.2) is 0 Å². The predicted molar refractivity (Wildman–Crippen MR) is 79.7 cm³/mol. The molecule has 0 aliphatic rings. The van der Waals surface area contributed by atoms with Crippen molar-refractivity contribution in [1.29, 1.82) is 0 Å². The average molecular weight is 294 g/mol. The fourth-order valence-electron chi connectivity index (χ4n) is 1.86. The summed E-state index contributed by atoms with van der Waals surface area (Å²) in [6.07, 6.45) is 0. The molecule has 2 aromatic carbocycles. The lowest BCUT2D eigenvalue weighted by Crippen LogP contribution is -2.12. The maximum Gasteiger partial charge on any atom is 0.138 e. The Morgan fingerprint density at radius 3 is 2.70 bits per heavy atom. The van der Waals surface area contributed by atoms with Crippen LogP contribution in [0, 0.1) is 5.82 Å². The van der Waals surface area contributed by atoms with Crippen LogP contribution in [-0.2, 0) is 6.61 Å². The summed E-state index contributed by atoms with van der Waals surface area (Å²) >= 11 is 6.20. The number of benzene rings is 2. The second-order valence-electron chi connectivity index (χ2n) is 4.62. The Bertz CT molecular complexity index is 588. The van der Waals surface area contributed by atoms with Crippen molar-refractivity contribution in [3.05, 3.63) is 64.4 Å². The first-order valence-corrected chi connectivity index (χ1v) is 6.82. The molecule has 0 aliphatic carbocycles. The monoisotopic (exact) mass is 293 g/mol. The molecule has 0 aromatic heterocycles. The predicted octanol–water partition coefficient (Wildman–Crippen LogP) is 4.34. The molecule has 2 rings (SSSR count). The summed E-state index contributed by atoms with van der Waals surface area (Å²) in [5, 5.41) is 3.71. The molecule has 0 bridgehead atoms. The van der Waals surface area contributed by atoms with Crippen molar-refractivity contribution in [2.45, 2.75) is 19.6 Å². The van der Waals surface area contributed by atoms with E-state index in [4.69, 9.17) is 16.3 Å². The molecular weight excluding hydrogens is 277 g/mol. The summed E-state index contributed by atoms with van der Waals surface area (Å²) in [5.41, 5.74) is 1.87. The van der Waals surface area contributed by atoms with Crippen LogP contribution in [0.2, 0.25) is 5.02 Å². The molecule has 0 saturated carbocycles. The first-order chi connectivity index (χ1) is 9.60. The maximum atomic E-state index is 13.1. The number of halogens is 2. The van der Waals surface area contributed by atoms with E-state index in [1.54, 1.807) is 6.07 Å². The van der Waals surface area contributed by atoms with Crippen molar-refractivity contribution in [2.24, 2.45) is 0 Å². The highest BCUT2D eigenvalue weighted by Gasteiger charge is 2.07. The van der Waals surface area contributed by atoms with Crippen LogP contribution in [0.4, 0.5) is 4.39 Å². The SMILES string of the molecule is CNC(C)c1ccc(OCc2cccc(F)c2)c(Cl)c1. The molecule has 0 heterocycles. The van der Waals surface area contributed by atoms with Gasteiger partial charge in [0, 0.05) is 6.04 Å². The van der Waals surface area contributed by atoms with Gasteiger partial charge in [-0.15, -0.1) is 0 Å². The molecule has 2 aromatic rings. The van der Waals surface area contributed by atoms with Gasteiger partial charge in [0.05, 0.1) is 5.02 Å². The van der Waals surface area contributed by atoms with Crippen LogP contribution in [0.1, 0.15) is 24.1 Å². The Balaban J connectivity index is 2.07. The van der Waals surface area contributed by atoms with E-state index >= 15 is 0 Å². The highest BCUT2D eigenvalue weighted by Crippen LogP contribution is 2.28. The minimum Gasteiger partial charge on any atom is -0.487 e. The number of rotatable bonds is 5. The zero-order valence-corrected chi connectivity index (χ0v) is 12.2. The average Bonchev–Trinajstić information content (AvgIpc) is 2.45. The number of hydrogen-bond acceptors (Lipinski definition) is 2. The molecule has 0 fully saturated rings. The van der Waals surface area contributed by atoms with Gasteiger partial charge in [-0.25, -0.2) is 4.39 Å². The van der Waals surface area contributed by atoms with Crippen molar-refractivity contribution in [3.8, 4) is 5.75 Å². The Hall–Kier alpha value is -1.58. The standard InChI is InChI=1S/C16H17ClFNO/c1-11(19-2)13-6-7-16(15(17)9-13)20-10-12-4-3-5-14(18)8-12/h3-9,11,19H,10H2,1-2H3. The lowest BCUT2D eigenvalue weighted by Gasteiger charge is -2.13. The van der Waals surface area contributed by atoms with Crippen LogP contribution in [0.3, 0.4) is 0 Å². The summed E-state index contributed by atoms with van der Waals surface area (Å²) in [6.45, 7) is 2.34. The van der Waals surface area contributed by atoms with Crippen molar-refractivity contribution in [3.63, 3.8) is 0 Å². The van der Waals surface area contributed by atoms with E-state index in [1.165, 1.54) is 12.1 Å². The molecule has 1 unspecified atom stereocenters. The zero-order valence-electron chi connectivity index (χ0n) is 11.5. The van der Waals surface area contributed by atoms with E-state index in [9.17, 15) is 4.39 Å². The summed E-state index contributed by atoms with van der Waals surface area (Å²) < 4.78 is 18.7. The second-order valence-corrected chi connectivity index (χ2v) is 5.03. The molecule has 1 N–H and O–H groups in total. The maximum absolute atomic E-state index is 13.1. The molecular formula is C16H17ClFNO. The van der Waals surface area contributed by atoms with Gasteiger partial charge in [0.2, 0.25) is 0 Å². The van der Waals surface area contributed by atoms with E-state index < -0.39 is 0 Å². The van der Waals surface area contributed by atoms with Crippen LogP contribution in [0.15, 0.2) is 42.5 Å². The molecule has 106 valence electrons. The van der Waals surface area contributed by atoms with E-state index in [-0.39, 0.29) is 11.9 Å². The van der Waals surface area contributed by atoms with Gasteiger partial charge in [-0.05, 0) is 49.4 Å². The summed E-state index contributed by atoms with van der Waals surface area (Å²) in [7, 11) is 1.90. The zero-order chi connectivity index (χ0) is 14.5. The van der Waals surface area contributed by atoms with E-state index in [0.29, 0.717) is 17.4 Å². The molecule has 20 heavy (non-hydrogen) atoms. The third-order valence-electron chi connectivity index (χ3n) is 3.17. The molecule has 0 saturated heterocycles. The van der Waals surface area contributed by atoms with Crippen molar-refractivity contribution >= 4 is 11.6 Å². The van der Waals surface area contributed by atoms with E-state index in [2.05, 4.69) is 12.2 Å². The van der Waals surface area contributed by atoms with Crippen LogP contribution >= 0.6 is 11.6 Å². The van der Waals surface area contributed by atoms with Gasteiger partial charge >= 0.3 is 0 Å². The Morgan fingerprint density at radius 1 is 1.25 bits per heavy atom. The number of hydrogen-bond donors (Lipinski definition) is 1. The topological polar surface area (TPSA) is 21.3 Å². The fourth-order valence-corrected chi connectivity index (χ4v) is 2.10. The first kappa shape index (κ1) is 14.8. The van der Waals surface area contributed by atoms with Crippen LogP contribution in [0.25, 0.3) is 0 Å². The van der Waals surface area contributed by atoms with E-state index in [1.807, 2.05) is 31.3 Å². The van der Waals surface area contributed by atoms with Crippen molar-refractivity contribution < 1.29 is 9.13 Å². The Kier molecular flexibility index (Phi) is 4.99. The lowest BCUT2D eigenvalue weighted by atomic mass is 10.1. The van der Waals surface area contributed by atoms with Gasteiger partial charge < -0.3 is 10.1 Å². The quantitative estimate of drug-likeness (QED) is 0.885. The van der Waals surface area contributed by atoms with Crippen LogP contribution in [0.5, 0.6) is 5.75 Å². The van der Waals surface area contributed by atoms with Crippen LogP contribution in [-0.4, -0.2) is 7.05 Å². The minimum atomic E-state index is -0.268. The summed E-state index contributed by atoms with van der Waals surface area (Å²) in [4.78, 5) is 0. The van der Waals surface area contributed by atoms with Crippen molar-refractivity contribution in [1.82, 2.24) is 5.32 Å². The highest BCUT2D eigenvalue weighted by atomic mass is 35.5. The molecule has 0 amide bonds.